The molecule has 0 aliphatic rings. The number of ether oxygens (including phenoxy) is 2. The van der Waals surface area contributed by atoms with E-state index in [9.17, 15) is 14.0 Å². The fraction of sp³-hybridized carbons (Fsp3) is 0.467. The maximum absolute atomic E-state index is 13.6. The monoisotopic (exact) mass is 297 g/mol. The van der Waals surface area contributed by atoms with Crippen LogP contribution in [-0.4, -0.2) is 31.6 Å². The molecule has 0 aromatic heterocycles. The van der Waals surface area contributed by atoms with Crippen LogP contribution in [0.2, 0.25) is 0 Å². The van der Waals surface area contributed by atoms with E-state index in [0.717, 1.165) is 18.9 Å². The van der Waals surface area contributed by atoms with Crippen molar-refractivity contribution in [2.75, 3.05) is 13.7 Å². The quantitative estimate of drug-likeness (QED) is 0.784. The molecule has 0 fully saturated rings. The molecule has 116 valence electrons. The molecular weight excluding hydrogens is 277 g/mol. The average Bonchev–Trinajstić information content (AvgIpc) is 2.49. The van der Waals surface area contributed by atoms with Crippen LogP contribution < -0.4 is 10.1 Å². The van der Waals surface area contributed by atoms with E-state index in [4.69, 9.17) is 9.47 Å². The molecule has 1 aromatic rings. The van der Waals surface area contributed by atoms with Crippen LogP contribution in [0.1, 0.15) is 37.0 Å². The summed E-state index contributed by atoms with van der Waals surface area (Å²) >= 11 is 0. The Hall–Kier alpha value is -2.11. The highest BCUT2D eigenvalue weighted by Gasteiger charge is 2.16. The summed E-state index contributed by atoms with van der Waals surface area (Å²) in [6.45, 7) is 3.47. The summed E-state index contributed by atoms with van der Waals surface area (Å²) in [6, 6.07) is 3.84. The van der Waals surface area contributed by atoms with Gasteiger partial charge < -0.3 is 14.8 Å². The highest BCUT2D eigenvalue weighted by molar-refractivity contribution is 5.91. The van der Waals surface area contributed by atoms with Gasteiger partial charge in [-0.15, -0.1) is 0 Å². The van der Waals surface area contributed by atoms with Crippen LogP contribution in [0, 0.1) is 5.82 Å². The van der Waals surface area contributed by atoms with Gasteiger partial charge in [-0.2, -0.15) is 0 Å². The first-order valence-corrected chi connectivity index (χ1v) is 6.81. The number of hydrogen-bond acceptors (Lipinski definition) is 4. The van der Waals surface area contributed by atoms with E-state index in [1.165, 1.54) is 19.2 Å². The standard InChI is InChI=1S/C15H20FNO4/c1-4-10(5-2)17-14(18)9-21-15(19)12-7-6-11(20-3)8-13(12)16/h6-8,10H,4-5,9H2,1-3H3,(H,17,18). The number of carbonyl (C=O) groups excluding carboxylic acids is 2. The van der Waals surface area contributed by atoms with Gasteiger partial charge in [0.15, 0.2) is 6.61 Å². The van der Waals surface area contributed by atoms with E-state index >= 15 is 0 Å². The van der Waals surface area contributed by atoms with Crippen molar-refractivity contribution in [3.8, 4) is 5.75 Å². The summed E-state index contributed by atoms with van der Waals surface area (Å²) < 4.78 is 23.3. The molecular formula is C15H20FNO4. The normalized spacial score (nSPS) is 10.3. The smallest absolute Gasteiger partial charge is 0.341 e. The van der Waals surface area contributed by atoms with Gasteiger partial charge >= 0.3 is 5.97 Å². The third kappa shape index (κ3) is 5.06. The molecule has 1 N–H and O–H groups in total. The zero-order valence-corrected chi connectivity index (χ0v) is 12.4. The Bertz CT molecular complexity index is 500. The molecule has 1 rings (SSSR count). The SMILES string of the molecule is CCC(CC)NC(=O)COC(=O)c1ccc(OC)cc1F. The van der Waals surface area contributed by atoms with Crippen molar-refractivity contribution in [1.29, 1.82) is 0 Å². The zero-order valence-electron chi connectivity index (χ0n) is 12.4. The highest BCUT2D eigenvalue weighted by Crippen LogP contribution is 2.16. The van der Waals surface area contributed by atoms with Crippen molar-refractivity contribution in [2.24, 2.45) is 0 Å². The van der Waals surface area contributed by atoms with Gasteiger partial charge in [0.05, 0.1) is 12.7 Å². The number of halogens is 1. The van der Waals surface area contributed by atoms with E-state index in [1.807, 2.05) is 13.8 Å². The third-order valence-corrected chi connectivity index (χ3v) is 3.08. The third-order valence-electron chi connectivity index (χ3n) is 3.08. The molecule has 0 unspecified atom stereocenters. The first-order valence-electron chi connectivity index (χ1n) is 6.81. The lowest BCUT2D eigenvalue weighted by Crippen LogP contribution is -2.36. The Kier molecular flexibility index (Phi) is 6.65. The number of methoxy groups -OCH3 is 1. The maximum atomic E-state index is 13.6. The molecule has 0 aliphatic heterocycles. The van der Waals surface area contributed by atoms with Crippen LogP contribution in [-0.2, 0) is 9.53 Å². The summed E-state index contributed by atoms with van der Waals surface area (Å²) in [7, 11) is 1.40. The molecule has 1 amide bonds. The van der Waals surface area contributed by atoms with Crippen LogP contribution >= 0.6 is 0 Å². The number of hydrogen-bond donors (Lipinski definition) is 1. The zero-order chi connectivity index (χ0) is 15.8. The van der Waals surface area contributed by atoms with Gasteiger partial charge in [0.1, 0.15) is 11.6 Å². The lowest BCUT2D eigenvalue weighted by atomic mass is 10.2. The second-order valence-electron chi connectivity index (χ2n) is 4.50. The van der Waals surface area contributed by atoms with E-state index < -0.39 is 24.3 Å². The Morgan fingerprint density at radius 3 is 2.48 bits per heavy atom. The van der Waals surface area contributed by atoms with Gasteiger partial charge in [-0.3, -0.25) is 4.79 Å². The molecule has 5 nitrogen and oxygen atoms in total. The number of rotatable bonds is 7. The van der Waals surface area contributed by atoms with Crippen molar-refractivity contribution < 1.29 is 23.5 Å². The minimum Gasteiger partial charge on any atom is -0.497 e. The Balaban J connectivity index is 2.56. The van der Waals surface area contributed by atoms with Crippen molar-refractivity contribution in [2.45, 2.75) is 32.7 Å². The van der Waals surface area contributed by atoms with Crippen LogP contribution in [0.5, 0.6) is 5.75 Å². The minimum atomic E-state index is -0.880. The van der Waals surface area contributed by atoms with E-state index in [-0.39, 0.29) is 11.6 Å². The molecule has 0 saturated carbocycles. The number of nitrogens with one attached hydrogen (secondary N) is 1. The predicted molar refractivity (Wildman–Crippen MR) is 75.7 cm³/mol. The van der Waals surface area contributed by atoms with E-state index in [1.54, 1.807) is 0 Å². The maximum Gasteiger partial charge on any atom is 0.341 e. The van der Waals surface area contributed by atoms with E-state index in [0.29, 0.717) is 5.75 Å². The molecule has 0 radical (unpaired) electrons. The molecule has 0 spiro atoms. The van der Waals surface area contributed by atoms with Gasteiger partial charge in [0.25, 0.3) is 5.91 Å². The second-order valence-corrected chi connectivity index (χ2v) is 4.50. The fourth-order valence-electron chi connectivity index (χ4n) is 1.76. The number of amides is 1. The Morgan fingerprint density at radius 1 is 1.29 bits per heavy atom. The van der Waals surface area contributed by atoms with Gasteiger partial charge in [0.2, 0.25) is 0 Å². The molecule has 0 bridgehead atoms. The summed E-state index contributed by atoms with van der Waals surface area (Å²) in [4.78, 5) is 23.3. The summed E-state index contributed by atoms with van der Waals surface area (Å²) in [6.07, 6.45) is 1.59. The number of carbonyl (C=O) groups is 2. The lowest BCUT2D eigenvalue weighted by Gasteiger charge is -2.14. The lowest BCUT2D eigenvalue weighted by molar-refractivity contribution is -0.125. The van der Waals surface area contributed by atoms with Crippen molar-refractivity contribution in [3.63, 3.8) is 0 Å². The fourth-order valence-corrected chi connectivity index (χ4v) is 1.76. The van der Waals surface area contributed by atoms with Crippen LogP contribution in [0.15, 0.2) is 18.2 Å². The summed E-state index contributed by atoms with van der Waals surface area (Å²) in [5, 5.41) is 2.73. The van der Waals surface area contributed by atoms with Crippen LogP contribution in [0.4, 0.5) is 4.39 Å². The highest BCUT2D eigenvalue weighted by atomic mass is 19.1. The van der Waals surface area contributed by atoms with Crippen molar-refractivity contribution >= 4 is 11.9 Å². The number of benzene rings is 1. The van der Waals surface area contributed by atoms with Crippen molar-refractivity contribution in [3.05, 3.63) is 29.6 Å². The molecule has 0 atom stereocenters. The topological polar surface area (TPSA) is 64.6 Å². The second kappa shape index (κ2) is 8.24. The largest absolute Gasteiger partial charge is 0.497 e. The summed E-state index contributed by atoms with van der Waals surface area (Å²) in [5.74, 6) is -1.73. The predicted octanol–water partition coefficient (Wildman–Crippen LogP) is 2.30. The van der Waals surface area contributed by atoms with Gasteiger partial charge in [0, 0.05) is 12.1 Å². The average molecular weight is 297 g/mol. The molecule has 21 heavy (non-hydrogen) atoms. The van der Waals surface area contributed by atoms with Gasteiger partial charge in [-0.1, -0.05) is 13.8 Å². The molecule has 1 aromatic carbocycles. The van der Waals surface area contributed by atoms with Gasteiger partial charge in [-0.25, -0.2) is 9.18 Å². The minimum absolute atomic E-state index is 0.0499. The molecule has 0 saturated heterocycles. The van der Waals surface area contributed by atoms with Crippen molar-refractivity contribution in [1.82, 2.24) is 5.32 Å². The summed E-state index contributed by atoms with van der Waals surface area (Å²) in [5.41, 5.74) is -0.230. The van der Waals surface area contributed by atoms with Gasteiger partial charge in [-0.05, 0) is 25.0 Å². The van der Waals surface area contributed by atoms with E-state index in [2.05, 4.69) is 5.32 Å². The Morgan fingerprint density at radius 2 is 1.95 bits per heavy atom. The van der Waals surface area contributed by atoms with Crippen LogP contribution in [0.3, 0.4) is 0 Å². The van der Waals surface area contributed by atoms with Crippen LogP contribution in [0.25, 0.3) is 0 Å². The first-order chi connectivity index (χ1) is 10.0. The Labute approximate surface area is 123 Å². The molecule has 0 heterocycles. The number of esters is 1. The first kappa shape index (κ1) is 16.9. The molecule has 0 aliphatic carbocycles. The molecule has 6 heteroatoms.